The zero-order valence-corrected chi connectivity index (χ0v) is 9.91. The van der Waals surface area contributed by atoms with E-state index in [0.29, 0.717) is 5.92 Å². The summed E-state index contributed by atoms with van der Waals surface area (Å²) >= 11 is 0. The number of rotatable bonds is 4. The predicted molar refractivity (Wildman–Crippen MR) is 62.5 cm³/mol. The molecule has 0 N–H and O–H groups in total. The van der Waals surface area contributed by atoms with Crippen molar-refractivity contribution >= 4 is 6.29 Å². The van der Waals surface area contributed by atoms with Crippen LogP contribution in [0.15, 0.2) is 11.6 Å². The summed E-state index contributed by atoms with van der Waals surface area (Å²) in [7, 11) is 0. The van der Waals surface area contributed by atoms with E-state index in [1.54, 1.807) is 0 Å². The van der Waals surface area contributed by atoms with Crippen LogP contribution in [0.25, 0.3) is 0 Å². The largest absolute Gasteiger partial charge is 0.298 e. The van der Waals surface area contributed by atoms with Crippen LogP contribution in [0.1, 0.15) is 46.0 Å². The average molecular weight is 206 g/mol. The number of carbonyl (C=O) groups excluding carboxylic acids is 1. The zero-order chi connectivity index (χ0) is 10.8. The Hall–Kier alpha value is -0.590. The standard InChI is InChI=1S/C14H22O/c1-10(5-11(2)9-15)6-14-8-12-3-4-13(14)7-12/h5,9-10,12-14H,3-4,6-8H2,1-2H3. The number of aldehydes is 1. The van der Waals surface area contributed by atoms with Crippen LogP contribution in [-0.4, -0.2) is 6.29 Å². The molecule has 0 heterocycles. The highest BCUT2D eigenvalue weighted by atomic mass is 16.1. The van der Waals surface area contributed by atoms with Gasteiger partial charge >= 0.3 is 0 Å². The summed E-state index contributed by atoms with van der Waals surface area (Å²) < 4.78 is 0. The van der Waals surface area contributed by atoms with Crippen molar-refractivity contribution in [3.8, 4) is 0 Å². The van der Waals surface area contributed by atoms with Gasteiger partial charge in [0.15, 0.2) is 0 Å². The smallest absolute Gasteiger partial charge is 0.145 e. The lowest BCUT2D eigenvalue weighted by molar-refractivity contribution is -0.104. The molecule has 15 heavy (non-hydrogen) atoms. The Labute approximate surface area is 92.9 Å². The molecule has 84 valence electrons. The number of carbonyl (C=O) groups is 1. The van der Waals surface area contributed by atoms with Gasteiger partial charge in [-0.1, -0.05) is 19.4 Å². The Morgan fingerprint density at radius 3 is 2.73 bits per heavy atom. The minimum absolute atomic E-state index is 0.583. The topological polar surface area (TPSA) is 17.1 Å². The lowest BCUT2D eigenvalue weighted by atomic mass is 9.82. The maximum Gasteiger partial charge on any atom is 0.145 e. The molecule has 0 aromatic rings. The van der Waals surface area contributed by atoms with Crippen molar-refractivity contribution in [1.82, 2.24) is 0 Å². The zero-order valence-electron chi connectivity index (χ0n) is 9.91. The normalized spacial score (nSPS) is 36.9. The van der Waals surface area contributed by atoms with Gasteiger partial charge in [0.25, 0.3) is 0 Å². The summed E-state index contributed by atoms with van der Waals surface area (Å²) in [4.78, 5) is 10.5. The molecule has 1 nitrogen and oxygen atoms in total. The molecule has 2 fully saturated rings. The summed E-state index contributed by atoms with van der Waals surface area (Å²) in [5, 5.41) is 0. The second-order valence-corrected chi connectivity index (χ2v) is 5.68. The van der Waals surface area contributed by atoms with Crippen molar-refractivity contribution in [2.45, 2.75) is 46.0 Å². The molecule has 2 aliphatic carbocycles. The summed E-state index contributed by atoms with van der Waals surface area (Å²) in [6.45, 7) is 4.16. The highest BCUT2D eigenvalue weighted by molar-refractivity contribution is 5.72. The SMILES string of the molecule is CC(C=O)=CC(C)CC1CC2CCC1C2. The van der Waals surface area contributed by atoms with E-state index >= 15 is 0 Å². The maximum absolute atomic E-state index is 10.5. The average Bonchev–Trinajstić information content (AvgIpc) is 2.78. The van der Waals surface area contributed by atoms with Crippen LogP contribution in [0.3, 0.4) is 0 Å². The van der Waals surface area contributed by atoms with Gasteiger partial charge < -0.3 is 0 Å². The first-order chi connectivity index (χ1) is 7.19. The summed E-state index contributed by atoms with van der Waals surface area (Å²) in [6.07, 6.45) is 10.3. The molecule has 0 saturated heterocycles. The molecule has 0 radical (unpaired) electrons. The molecule has 1 heteroatoms. The van der Waals surface area contributed by atoms with Gasteiger partial charge in [-0.3, -0.25) is 4.79 Å². The molecule has 4 unspecified atom stereocenters. The van der Waals surface area contributed by atoms with Crippen LogP contribution in [0.4, 0.5) is 0 Å². The van der Waals surface area contributed by atoms with E-state index in [2.05, 4.69) is 13.0 Å². The first-order valence-corrected chi connectivity index (χ1v) is 6.32. The Bertz CT molecular complexity index is 267. The van der Waals surface area contributed by atoms with Gasteiger partial charge in [-0.15, -0.1) is 0 Å². The Kier molecular flexibility index (Phi) is 3.28. The third kappa shape index (κ3) is 2.50. The van der Waals surface area contributed by atoms with Gasteiger partial charge in [0, 0.05) is 0 Å². The van der Waals surface area contributed by atoms with Crippen LogP contribution < -0.4 is 0 Å². The Balaban J connectivity index is 1.84. The fourth-order valence-corrected chi connectivity index (χ4v) is 3.70. The van der Waals surface area contributed by atoms with Crippen LogP contribution >= 0.6 is 0 Å². The van der Waals surface area contributed by atoms with Gasteiger partial charge in [-0.2, -0.15) is 0 Å². The second kappa shape index (κ2) is 4.51. The van der Waals surface area contributed by atoms with Crippen molar-refractivity contribution < 1.29 is 4.79 Å². The Morgan fingerprint density at radius 2 is 2.20 bits per heavy atom. The lowest BCUT2D eigenvalue weighted by Crippen LogP contribution is -2.13. The van der Waals surface area contributed by atoms with Crippen molar-refractivity contribution in [2.24, 2.45) is 23.7 Å². The van der Waals surface area contributed by atoms with Crippen LogP contribution in [0, 0.1) is 23.7 Å². The van der Waals surface area contributed by atoms with Gasteiger partial charge in [0.2, 0.25) is 0 Å². The minimum atomic E-state index is 0.583. The second-order valence-electron chi connectivity index (χ2n) is 5.68. The number of allylic oxidation sites excluding steroid dienone is 2. The maximum atomic E-state index is 10.5. The molecule has 0 aromatic heterocycles. The Morgan fingerprint density at radius 1 is 1.40 bits per heavy atom. The van der Waals surface area contributed by atoms with Crippen molar-refractivity contribution in [3.05, 3.63) is 11.6 Å². The van der Waals surface area contributed by atoms with E-state index in [9.17, 15) is 4.79 Å². The molecule has 2 saturated carbocycles. The van der Waals surface area contributed by atoms with Crippen molar-refractivity contribution in [1.29, 1.82) is 0 Å². The molecular formula is C14H22O. The first kappa shape index (κ1) is 10.9. The molecule has 0 spiro atoms. The molecule has 0 aliphatic heterocycles. The van der Waals surface area contributed by atoms with E-state index < -0.39 is 0 Å². The van der Waals surface area contributed by atoms with Gasteiger partial charge in [-0.05, 0) is 61.9 Å². The van der Waals surface area contributed by atoms with Gasteiger partial charge in [0.05, 0.1) is 0 Å². The molecule has 0 aromatic carbocycles. The fourth-order valence-electron chi connectivity index (χ4n) is 3.70. The van der Waals surface area contributed by atoms with Gasteiger partial charge in [-0.25, -0.2) is 0 Å². The monoisotopic (exact) mass is 206 g/mol. The van der Waals surface area contributed by atoms with Crippen molar-refractivity contribution in [2.75, 3.05) is 0 Å². The third-order valence-electron chi connectivity index (χ3n) is 4.29. The highest BCUT2D eigenvalue weighted by Crippen LogP contribution is 2.50. The van der Waals surface area contributed by atoms with E-state index in [1.165, 1.54) is 32.1 Å². The molecular weight excluding hydrogens is 184 g/mol. The molecule has 0 amide bonds. The predicted octanol–water partition coefficient (Wildman–Crippen LogP) is 3.59. The van der Waals surface area contributed by atoms with E-state index in [-0.39, 0.29) is 0 Å². The number of fused-ring (bicyclic) bond motifs is 2. The van der Waals surface area contributed by atoms with Crippen molar-refractivity contribution in [3.63, 3.8) is 0 Å². The molecule has 2 bridgehead atoms. The van der Waals surface area contributed by atoms with Crippen LogP contribution in [-0.2, 0) is 4.79 Å². The summed E-state index contributed by atoms with van der Waals surface area (Å²) in [5.41, 5.74) is 0.894. The minimum Gasteiger partial charge on any atom is -0.298 e. The van der Waals surface area contributed by atoms with E-state index in [0.717, 1.165) is 29.6 Å². The quantitative estimate of drug-likeness (QED) is 0.507. The number of hydrogen-bond acceptors (Lipinski definition) is 1. The first-order valence-electron chi connectivity index (χ1n) is 6.32. The lowest BCUT2D eigenvalue weighted by Gasteiger charge is -2.23. The van der Waals surface area contributed by atoms with Crippen LogP contribution in [0.5, 0.6) is 0 Å². The summed E-state index contributed by atoms with van der Waals surface area (Å²) in [5.74, 6) is 3.60. The molecule has 2 rings (SSSR count). The van der Waals surface area contributed by atoms with E-state index in [4.69, 9.17) is 0 Å². The molecule has 2 aliphatic rings. The summed E-state index contributed by atoms with van der Waals surface area (Å²) in [6, 6.07) is 0. The molecule has 4 atom stereocenters. The van der Waals surface area contributed by atoms with Crippen LogP contribution in [0.2, 0.25) is 0 Å². The van der Waals surface area contributed by atoms with Gasteiger partial charge in [0.1, 0.15) is 6.29 Å². The fraction of sp³-hybridized carbons (Fsp3) is 0.786. The number of hydrogen-bond donors (Lipinski definition) is 0. The highest BCUT2D eigenvalue weighted by Gasteiger charge is 2.39. The third-order valence-corrected chi connectivity index (χ3v) is 4.29. The van der Waals surface area contributed by atoms with E-state index in [1.807, 2.05) is 6.92 Å².